The van der Waals surface area contributed by atoms with Crippen LogP contribution in [0.3, 0.4) is 0 Å². The highest BCUT2D eigenvalue weighted by molar-refractivity contribution is 6.07. The molecule has 180 valence electrons. The van der Waals surface area contributed by atoms with Gasteiger partial charge in [-0.2, -0.15) is 5.26 Å². The molecule has 35 heavy (non-hydrogen) atoms. The molecule has 0 bridgehead atoms. The monoisotopic (exact) mass is 470 g/mol. The molecule has 2 amide bonds. The number of benzene rings is 1. The summed E-state index contributed by atoms with van der Waals surface area (Å²) >= 11 is 0. The highest BCUT2D eigenvalue weighted by Gasteiger charge is 2.19. The number of nitrogens with one attached hydrogen (secondary N) is 3. The Morgan fingerprint density at radius 1 is 0.943 bits per heavy atom. The van der Waals surface area contributed by atoms with Gasteiger partial charge in [0.1, 0.15) is 5.82 Å². The molecule has 0 saturated carbocycles. The molecular weight excluding hydrogens is 440 g/mol. The van der Waals surface area contributed by atoms with E-state index in [4.69, 9.17) is 0 Å². The number of hydrogen-bond acceptors (Lipinski definition) is 6. The minimum Gasteiger partial charge on any atom is -0.368 e. The number of anilines is 3. The molecule has 3 rings (SSSR count). The van der Waals surface area contributed by atoms with Crippen LogP contribution in [0.4, 0.5) is 17.2 Å². The van der Waals surface area contributed by atoms with Crippen LogP contribution in [0.5, 0.6) is 0 Å². The van der Waals surface area contributed by atoms with E-state index >= 15 is 0 Å². The van der Waals surface area contributed by atoms with Crippen LogP contribution in [0.2, 0.25) is 0 Å². The van der Waals surface area contributed by atoms with Gasteiger partial charge in [-0.25, -0.2) is 4.98 Å². The number of aryl methyl sites for hydroxylation is 1. The summed E-state index contributed by atoms with van der Waals surface area (Å²) in [6, 6.07) is 12.6. The number of pyridine rings is 2. The third-order valence-corrected chi connectivity index (χ3v) is 5.24. The third kappa shape index (κ3) is 6.64. The molecule has 0 atom stereocenters. The molecule has 3 N–H and O–H groups in total. The Morgan fingerprint density at radius 2 is 1.63 bits per heavy atom. The van der Waals surface area contributed by atoms with Gasteiger partial charge in [-0.1, -0.05) is 20.8 Å². The highest BCUT2D eigenvalue weighted by Crippen LogP contribution is 2.25. The Kier molecular flexibility index (Phi) is 7.50. The van der Waals surface area contributed by atoms with Gasteiger partial charge in [0, 0.05) is 11.6 Å². The molecule has 3 aromatic rings. The minimum absolute atomic E-state index is 0.226. The topological polar surface area (TPSA) is 120 Å². The van der Waals surface area contributed by atoms with Gasteiger partial charge in [0.25, 0.3) is 11.8 Å². The zero-order chi connectivity index (χ0) is 25.8. The maximum atomic E-state index is 13.0. The summed E-state index contributed by atoms with van der Waals surface area (Å²) in [5.74, 6) is -0.0309. The quantitative estimate of drug-likeness (QED) is 0.451. The summed E-state index contributed by atoms with van der Waals surface area (Å²) in [4.78, 5) is 34.4. The predicted octanol–water partition coefficient (Wildman–Crippen LogP) is 5.28. The Morgan fingerprint density at radius 3 is 2.23 bits per heavy atom. The fourth-order valence-corrected chi connectivity index (χ4v) is 3.34. The fraction of sp³-hybridized carbons (Fsp3) is 0.296. The van der Waals surface area contributed by atoms with Gasteiger partial charge in [-0.3, -0.25) is 14.6 Å². The summed E-state index contributed by atoms with van der Waals surface area (Å²) in [6.45, 7) is 11.8. The van der Waals surface area contributed by atoms with E-state index in [2.05, 4.69) is 32.0 Å². The number of rotatable bonds is 6. The first kappa shape index (κ1) is 25.4. The molecule has 2 heterocycles. The predicted molar refractivity (Wildman–Crippen MR) is 138 cm³/mol. The molecule has 1 aromatic carbocycles. The van der Waals surface area contributed by atoms with Crippen molar-refractivity contribution < 1.29 is 9.59 Å². The average molecular weight is 471 g/mol. The normalized spacial score (nSPS) is 11.0. The first-order valence-corrected chi connectivity index (χ1v) is 11.3. The average Bonchev–Trinajstić information content (AvgIpc) is 2.80. The minimum atomic E-state index is -0.387. The van der Waals surface area contributed by atoms with Crippen LogP contribution in [0.25, 0.3) is 0 Å². The van der Waals surface area contributed by atoms with Crippen molar-refractivity contribution in [1.82, 2.24) is 9.97 Å². The molecule has 8 nitrogen and oxygen atoms in total. The molecule has 0 aliphatic carbocycles. The lowest BCUT2D eigenvalue weighted by atomic mass is 9.85. The molecule has 0 radical (unpaired) electrons. The molecule has 0 spiro atoms. The number of carbonyl (C=O) groups is 2. The van der Waals surface area contributed by atoms with Gasteiger partial charge in [-0.05, 0) is 68.1 Å². The van der Waals surface area contributed by atoms with E-state index in [0.717, 1.165) is 11.4 Å². The number of nitriles is 1. The van der Waals surface area contributed by atoms with E-state index in [0.29, 0.717) is 33.8 Å². The van der Waals surface area contributed by atoms with Crippen molar-refractivity contribution >= 4 is 29.0 Å². The van der Waals surface area contributed by atoms with Gasteiger partial charge in [0.2, 0.25) is 0 Å². The lowest BCUT2D eigenvalue weighted by Crippen LogP contribution is -2.18. The number of carbonyl (C=O) groups excluding carboxylic acids is 2. The van der Waals surface area contributed by atoms with Crippen molar-refractivity contribution in [2.75, 3.05) is 16.0 Å². The molecule has 0 fully saturated rings. The SMILES string of the molecule is Cc1ncc(NC(=O)c2cc(C#N)cc(C(C)(C)C)c2)cc1C(=O)Nc1ccc(NC(C)C)nc1. The van der Waals surface area contributed by atoms with Crippen molar-refractivity contribution in [3.63, 3.8) is 0 Å². The van der Waals surface area contributed by atoms with Crippen molar-refractivity contribution in [2.45, 2.75) is 53.0 Å². The van der Waals surface area contributed by atoms with Crippen molar-refractivity contribution in [3.8, 4) is 6.07 Å². The van der Waals surface area contributed by atoms with Crippen LogP contribution < -0.4 is 16.0 Å². The van der Waals surface area contributed by atoms with Gasteiger partial charge < -0.3 is 16.0 Å². The zero-order valence-corrected chi connectivity index (χ0v) is 20.9. The smallest absolute Gasteiger partial charge is 0.257 e. The van der Waals surface area contributed by atoms with Crippen LogP contribution >= 0.6 is 0 Å². The molecule has 0 unspecified atom stereocenters. The molecule has 2 aromatic heterocycles. The number of aromatic nitrogens is 2. The van der Waals surface area contributed by atoms with Crippen molar-refractivity contribution in [1.29, 1.82) is 5.26 Å². The molecule has 0 aliphatic heterocycles. The summed E-state index contributed by atoms with van der Waals surface area (Å²) < 4.78 is 0. The van der Waals surface area contributed by atoms with Gasteiger partial charge in [0.05, 0.1) is 46.7 Å². The van der Waals surface area contributed by atoms with Gasteiger partial charge in [-0.15, -0.1) is 0 Å². The summed E-state index contributed by atoms with van der Waals surface area (Å²) in [5, 5.41) is 18.2. The van der Waals surface area contributed by atoms with Crippen molar-refractivity contribution in [3.05, 3.63) is 76.7 Å². The number of amides is 2. The van der Waals surface area contributed by atoms with Crippen LogP contribution in [-0.4, -0.2) is 27.8 Å². The Balaban J connectivity index is 1.79. The standard InChI is InChI=1S/C27H30N6O2/c1-16(2)31-24-8-7-21(14-30-24)32-26(35)23-12-22(15-29-17(23)3)33-25(34)19-9-18(13-28)10-20(11-19)27(4,5)6/h7-12,14-16H,1-6H3,(H,30,31)(H,32,35)(H,33,34). The molecule has 0 aliphatic rings. The van der Waals surface area contributed by atoms with Gasteiger partial charge in [0.15, 0.2) is 0 Å². The first-order chi connectivity index (χ1) is 16.5. The summed E-state index contributed by atoms with van der Waals surface area (Å²) in [6.07, 6.45) is 3.07. The largest absolute Gasteiger partial charge is 0.368 e. The van der Waals surface area contributed by atoms with E-state index in [1.54, 1.807) is 49.5 Å². The third-order valence-electron chi connectivity index (χ3n) is 5.24. The Hall–Kier alpha value is -4.25. The zero-order valence-electron chi connectivity index (χ0n) is 20.9. The van der Waals surface area contributed by atoms with Crippen LogP contribution in [0.1, 0.15) is 72.2 Å². The van der Waals surface area contributed by atoms with E-state index in [9.17, 15) is 14.9 Å². The number of hydrogen-bond donors (Lipinski definition) is 3. The maximum absolute atomic E-state index is 13.0. The van der Waals surface area contributed by atoms with Crippen LogP contribution in [0, 0.1) is 18.3 Å². The second-order valence-electron chi connectivity index (χ2n) is 9.66. The summed E-state index contributed by atoms with van der Waals surface area (Å²) in [7, 11) is 0. The first-order valence-electron chi connectivity index (χ1n) is 11.3. The molecule has 0 saturated heterocycles. The second kappa shape index (κ2) is 10.3. The molecule has 8 heteroatoms. The summed E-state index contributed by atoms with van der Waals surface area (Å²) in [5.41, 5.74) is 3.19. The van der Waals surface area contributed by atoms with E-state index in [1.807, 2.05) is 34.6 Å². The Bertz CT molecular complexity index is 1280. The molecular formula is C27H30N6O2. The fourth-order valence-electron chi connectivity index (χ4n) is 3.34. The lowest BCUT2D eigenvalue weighted by molar-refractivity contribution is 0.101. The Labute approximate surface area is 205 Å². The lowest BCUT2D eigenvalue weighted by Gasteiger charge is -2.20. The van der Waals surface area contributed by atoms with Crippen LogP contribution in [0.15, 0.2) is 48.8 Å². The van der Waals surface area contributed by atoms with Gasteiger partial charge >= 0.3 is 0 Å². The second-order valence-corrected chi connectivity index (χ2v) is 9.66. The van der Waals surface area contributed by atoms with E-state index in [-0.39, 0.29) is 23.3 Å². The van der Waals surface area contributed by atoms with Crippen molar-refractivity contribution in [2.24, 2.45) is 0 Å². The number of nitrogens with zero attached hydrogens (tertiary/aromatic N) is 3. The van der Waals surface area contributed by atoms with Crippen LogP contribution in [-0.2, 0) is 5.41 Å². The van der Waals surface area contributed by atoms with E-state index < -0.39 is 0 Å². The highest BCUT2D eigenvalue weighted by atomic mass is 16.2. The maximum Gasteiger partial charge on any atom is 0.257 e. The van der Waals surface area contributed by atoms with E-state index in [1.165, 1.54) is 6.20 Å².